The van der Waals surface area contributed by atoms with Crippen molar-refractivity contribution < 1.29 is 5.11 Å². The van der Waals surface area contributed by atoms with E-state index in [1.165, 1.54) is 19.3 Å². The Morgan fingerprint density at radius 1 is 1.40 bits per heavy atom. The first-order valence-electron chi connectivity index (χ1n) is 5.49. The van der Waals surface area contributed by atoms with Gasteiger partial charge in [-0.3, -0.25) is 0 Å². The van der Waals surface area contributed by atoms with Gasteiger partial charge in [0.05, 0.1) is 11.0 Å². The maximum atomic E-state index is 9.33. The van der Waals surface area contributed by atoms with E-state index in [1.54, 1.807) is 12.1 Å². The molecule has 1 aromatic carbocycles. The molecule has 1 heterocycles. The Morgan fingerprint density at radius 2 is 2.27 bits per heavy atom. The topological polar surface area (TPSA) is 48.9 Å². The molecule has 1 fully saturated rings. The van der Waals surface area contributed by atoms with Crippen LogP contribution in [0.5, 0.6) is 5.75 Å². The van der Waals surface area contributed by atoms with Crippen LogP contribution in [0.1, 0.15) is 25.1 Å². The van der Waals surface area contributed by atoms with Crippen molar-refractivity contribution in [3.05, 3.63) is 24.0 Å². The zero-order valence-electron chi connectivity index (χ0n) is 8.53. The number of benzene rings is 1. The molecule has 0 atom stereocenters. The van der Waals surface area contributed by atoms with Gasteiger partial charge in [0.15, 0.2) is 0 Å². The van der Waals surface area contributed by atoms with Gasteiger partial charge in [0, 0.05) is 12.5 Å². The van der Waals surface area contributed by atoms with Crippen molar-refractivity contribution in [2.45, 2.75) is 25.7 Å². The highest BCUT2D eigenvalue weighted by molar-refractivity contribution is 5.76. The third-order valence-corrected chi connectivity index (χ3v) is 3.22. The first-order valence-corrected chi connectivity index (χ1v) is 5.49. The minimum absolute atomic E-state index is 0.293. The molecule has 0 unspecified atom stereocenters. The quantitative estimate of drug-likeness (QED) is 0.786. The third-order valence-electron chi connectivity index (χ3n) is 3.22. The smallest absolute Gasteiger partial charge is 0.117 e. The summed E-state index contributed by atoms with van der Waals surface area (Å²) < 4.78 is 0. The lowest BCUT2D eigenvalue weighted by molar-refractivity contribution is 0.310. The van der Waals surface area contributed by atoms with Gasteiger partial charge in [-0.05, 0) is 18.1 Å². The lowest BCUT2D eigenvalue weighted by atomic mass is 9.83. The van der Waals surface area contributed by atoms with E-state index in [-0.39, 0.29) is 0 Å². The van der Waals surface area contributed by atoms with Crippen LogP contribution in [0.2, 0.25) is 0 Å². The fourth-order valence-electron chi connectivity index (χ4n) is 2.12. The summed E-state index contributed by atoms with van der Waals surface area (Å²) in [6, 6.07) is 5.26. The molecule has 1 saturated carbocycles. The summed E-state index contributed by atoms with van der Waals surface area (Å²) in [5, 5.41) is 9.33. The molecule has 2 N–H and O–H groups in total. The number of aromatic nitrogens is 2. The average molecular weight is 202 g/mol. The molecular weight excluding hydrogens is 188 g/mol. The van der Waals surface area contributed by atoms with Crippen LogP contribution in [0.15, 0.2) is 18.2 Å². The highest BCUT2D eigenvalue weighted by Gasteiger charge is 2.19. The Bertz CT molecular complexity index is 485. The summed E-state index contributed by atoms with van der Waals surface area (Å²) in [7, 11) is 0. The van der Waals surface area contributed by atoms with E-state index in [4.69, 9.17) is 0 Å². The normalized spacial score (nSPS) is 16.8. The molecule has 3 heteroatoms. The van der Waals surface area contributed by atoms with Crippen molar-refractivity contribution >= 4 is 11.0 Å². The maximum absolute atomic E-state index is 9.33. The monoisotopic (exact) mass is 202 g/mol. The largest absolute Gasteiger partial charge is 0.508 e. The second kappa shape index (κ2) is 3.26. The number of hydrogen-bond acceptors (Lipinski definition) is 2. The fraction of sp³-hybridized carbons (Fsp3) is 0.417. The minimum Gasteiger partial charge on any atom is -0.508 e. The predicted octanol–water partition coefficient (Wildman–Crippen LogP) is 2.61. The maximum Gasteiger partial charge on any atom is 0.117 e. The highest BCUT2D eigenvalue weighted by Crippen LogP contribution is 2.29. The van der Waals surface area contributed by atoms with Crippen LogP contribution in [0.4, 0.5) is 0 Å². The molecule has 2 aromatic rings. The number of fused-ring (bicyclic) bond motifs is 1. The predicted molar refractivity (Wildman–Crippen MR) is 58.8 cm³/mol. The van der Waals surface area contributed by atoms with Crippen LogP contribution in [0.3, 0.4) is 0 Å². The zero-order valence-corrected chi connectivity index (χ0v) is 8.53. The van der Waals surface area contributed by atoms with Gasteiger partial charge in [-0.25, -0.2) is 4.98 Å². The Balaban J connectivity index is 1.91. The van der Waals surface area contributed by atoms with E-state index in [0.29, 0.717) is 5.75 Å². The van der Waals surface area contributed by atoms with E-state index < -0.39 is 0 Å². The number of hydrogen-bond donors (Lipinski definition) is 2. The average Bonchev–Trinajstić information content (AvgIpc) is 2.53. The molecule has 1 aliphatic rings. The summed E-state index contributed by atoms with van der Waals surface area (Å²) in [6.07, 6.45) is 5.09. The third kappa shape index (κ3) is 1.58. The summed E-state index contributed by atoms with van der Waals surface area (Å²) in [4.78, 5) is 7.77. The van der Waals surface area contributed by atoms with Crippen molar-refractivity contribution in [1.82, 2.24) is 9.97 Å². The number of rotatable bonds is 2. The van der Waals surface area contributed by atoms with Gasteiger partial charge in [-0.2, -0.15) is 0 Å². The number of nitrogens with one attached hydrogen (secondary N) is 1. The second-order valence-electron chi connectivity index (χ2n) is 4.39. The molecule has 0 spiro atoms. The minimum atomic E-state index is 0.293. The lowest BCUT2D eigenvalue weighted by Gasteiger charge is -2.23. The van der Waals surface area contributed by atoms with E-state index in [0.717, 1.165) is 29.2 Å². The number of imidazole rings is 1. The molecular formula is C12H14N2O. The Kier molecular flexibility index (Phi) is 1.91. The molecule has 3 nitrogen and oxygen atoms in total. The van der Waals surface area contributed by atoms with Gasteiger partial charge >= 0.3 is 0 Å². The first kappa shape index (κ1) is 8.77. The van der Waals surface area contributed by atoms with Crippen molar-refractivity contribution in [3.8, 4) is 5.75 Å². The van der Waals surface area contributed by atoms with Gasteiger partial charge in [-0.15, -0.1) is 0 Å². The van der Waals surface area contributed by atoms with Crippen LogP contribution >= 0.6 is 0 Å². The second-order valence-corrected chi connectivity index (χ2v) is 4.39. The summed E-state index contributed by atoms with van der Waals surface area (Å²) >= 11 is 0. The van der Waals surface area contributed by atoms with Crippen LogP contribution in [0, 0.1) is 5.92 Å². The number of aromatic amines is 1. The lowest BCUT2D eigenvalue weighted by Crippen LogP contribution is -2.14. The van der Waals surface area contributed by atoms with Gasteiger partial charge < -0.3 is 10.1 Å². The molecule has 0 bridgehead atoms. The molecule has 78 valence electrons. The molecule has 0 saturated heterocycles. The van der Waals surface area contributed by atoms with Gasteiger partial charge in [0.1, 0.15) is 11.6 Å². The van der Waals surface area contributed by atoms with Gasteiger partial charge in [0.2, 0.25) is 0 Å². The van der Waals surface area contributed by atoms with Crippen molar-refractivity contribution in [2.75, 3.05) is 0 Å². The van der Waals surface area contributed by atoms with E-state index in [9.17, 15) is 5.11 Å². The van der Waals surface area contributed by atoms with Gasteiger partial charge in [0.25, 0.3) is 0 Å². The summed E-state index contributed by atoms with van der Waals surface area (Å²) in [5.74, 6) is 2.17. The summed E-state index contributed by atoms with van der Waals surface area (Å²) in [6.45, 7) is 0. The molecule has 1 aliphatic carbocycles. The fourth-order valence-corrected chi connectivity index (χ4v) is 2.12. The standard InChI is InChI=1S/C12H14N2O/c15-9-4-5-10-11(7-9)14-12(13-10)6-8-2-1-3-8/h4-5,7-8,15H,1-3,6H2,(H,13,14). The number of nitrogens with zero attached hydrogens (tertiary/aromatic N) is 1. The summed E-state index contributed by atoms with van der Waals surface area (Å²) in [5.41, 5.74) is 1.88. The molecule has 1 aromatic heterocycles. The molecule has 0 aliphatic heterocycles. The van der Waals surface area contributed by atoms with Crippen LogP contribution in [-0.2, 0) is 6.42 Å². The first-order chi connectivity index (χ1) is 7.31. The Hall–Kier alpha value is -1.51. The number of phenols is 1. The SMILES string of the molecule is Oc1ccc2nc(CC3CCC3)[nH]c2c1. The molecule has 0 radical (unpaired) electrons. The number of phenolic OH excluding ortho intramolecular Hbond substituents is 1. The van der Waals surface area contributed by atoms with Crippen LogP contribution < -0.4 is 0 Å². The zero-order chi connectivity index (χ0) is 10.3. The van der Waals surface area contributed by atoms with E-state index in [2.05, 4.69) is 9.97 Å². The highest BCUT2D eigenvalue weighted by atomic mass is 16.3. The van der Waals surface area contributed by atoms with Crippen molar-refractivity contribution in [3.63, 3.8) is 0 Å². The molecule has 0 amide bonds. The van der Waals surface area contributed by atoms with Crippen LogP contribution in [-0.4, -0.2) is 15.1 Å². The van der Waals surface area contributed by atoms with E-state index >= 15 is 0 Å². The van der Waals surface area contributed by atoms with Gasteiger partial charge in [-0.1, -0.05) is 19.3 Å². The molecule has 3 rings (SSSR count). The molecule has 15 heavy (non-hydrogen) atoms. The Labute approximate surface area is 88.2 Å². The number of H-pyrrole nitrogens is 1. The van der Waals surface area contributed by atoms with Crippen molar-refractivity contribution in [1.29, 1.82) is 0 Å². The van der Waals surface area contributed by atoms with Crippen molar-refractivity contribution in [2.24, 2.45) is 5.92 Å². The number of aromatic hydroxyl groups is 1. The van der Waals surface area contributed by atoms with E-state index in [1.807, 2.05) is 6.07 Å². The van der Waals surface area contributed by atoms with Crippen LogP contribution in [0.25, 0.3) is 11.0 Å². The Morgan fingerprint density at radius 3 is 3.00 bits per heavy atom.